The molecule has 0 aliphatic heterocycles. The monoisotopic (exact) mass is 388 g/mol. The van der Waals surface area contributed by atoms with E-state index in [9.17, 15) is 4.79 Å². The minimum atomic E-state index is -0.0201. The van der Waals surface area contributed by atoms with E-state index in [1.165, 1.54) is 22.5 Å². The van der Waals surface area contributed by atoms with E-state index in [1.807, 2.05) is 48.7 Å². The normalized spacial score (nSPS) is 10.6. The van der Waals surface area contributed by atoms with Crippen molar-refractivity contribution in [3.05, 3.63) is 81.8 Å². The van der Waals surface area contributed by atoms with Gasteiger partial charge < -0.3 is 5.32 Å². The van der Waals surface area contributed by atoms with Crippen molar-refractivity contribution in [3.63, 3.8) is 0 Å². The Labute approximate surface area is 160 Å². The van der Waals surface area contributed by atoms with Gasteiger partial charge in [-0.25, -0.2) is 4.98 Å². The molecule has 1 aromatic heterocycles. The summed E-state index contributed by atoms with van der Waals surface area (Å²) in [5.41, 5.74) is 2.39. The maximum Gasteiger partial charge on any atom is 0.236 e. The standard InChI is InChI=1S/C19H17ClN2OS2/c20-16-8-6-14(7-9-16)10-17-11-21-19(25-17)22-18(23)13-24-12-15-4-2-1-3-5-15/h1-9,11H,10,12-13H2,(H,21,22,23). The Balaban J connectivity index is 1.45. The molecule has 1 N–H and O–H groups in total. The van der Waals surface area contributed by atoms with Crippen LogP contribution in [0, 0.1) is 0 Å². The van der Waals surface area contributed by atoms with Crippen LogP contribution in [0.5, 0.6) is 0 Å². The predicted octanol–water partition coefficient (Wildman–Crippen LogP) is 5.26. The van der Waals surface area contributed by atoms with Crippen molar-refractivity contribution < 1.29 is 4.79 Å². The van der Waals surface area contributed by atoms with Crippen LogP contribution in [0.4, 0.5) is 5.13 Å². The summed E-state index contributed by atoms with van der Waals surface area (Å²) in [4.78, 5) is 17.4. The third kappa shape index (κ3) is 5.88. The minimum Gasteiger partial charge on any atom is -0.301 e. The molecule has 0 unspecified atom stereocenters. The summed E-state index contributed by atoms with van der Waals surface area (Å²) >= 11 is 9.00. The molecule has 0 aliphatic carbocycles. The molecule has 128 valence electrons. The van der Waals surface area contributed by atoms with E-state index in [2.05, 4.69) is 22.4 Å². The third-order valence-corrected chi connectivity index (χ3v) is 5.60. The second-order valence-electron chi connectivity index (χ2n) is 5.46. The molecule has 0 spiro atoms. The van der Waals surface area contributed by atoms with Crippen LogP contribution in [0.15, 0.2) is 60.8 Å². The molecule has 3 nitrogen and oxygen atoms in total. The van der Waals surface area contributed by atoms with E-state index in [0.29, 0.717) is 10.9 Å². The molecule has 0 bridgehead atoms. The van der Waals surface area contributed by atoms with Gasteiger partial charge in [-0.15, -0.1) is 23.1 Å². The first-order chi connectivity index (χ1) is 12.2. The van der Waals surface area contributed by atoms with E-state index < -0.39 is 0 Å². The van der Waals surface area contributed by atoms with Gasteiger partial charge in [0.1, 0.15) is 0 Å². The molecule has 0 radical (unpaired) electrons. The summed E-state index contributed by atoms with van der Waals surface area (Å²) < 4.78 is 0. The van der Waals surface area contributed by atoms with Gasteiger partial charge in [-0.05, 0) is 23.3 Å². The smallest absolute Gasteiger partial charge is 0.236 e. The number of carbonyl (C=O) groups is 1. The number of aromatic nitrogens is 1. The molecule has 1 heterocycles. The second kappa shape index (κ2) is 9.04. The fourth-order valence-corrected chi connectivity index (χ4v) is 4.02. The van der Waals surface area contributed by atoms with Crippen molar-refractivity contribution in [2.75, 3.05) is 11.1 Å². The zero-order chi connectivity index (χ0) is 17.5. The van der Waals surface area contributed by atoms with E-state index in [4.69, 9.17) is 11.6 Å². The first-order valence-electron chi connectivity index (χ1n) is 7.80. The fraction of sp³-hybridized carbons (Fsp3) is 0.158. The number of rotatable bonds is 7. The second-order valence-corrected chi connectivity index (χ2v) is 8.00. The van der Waals surface area contributed by atoms with Crippen molar-refractivity contribution in [1.82, 2.24) is 4.98 Å². The van der Waals surface area contributed by atoms with Crippen LogP contribution in [-0.2, 0) is 17.0 Å². The van der Waals surface area contributed by atoms with Gasteiger partial charge in [0.25, 0.3) is 0 Å². The zero-order valence-electron chi connectivity index (χ0n) is 13.4. The first kappa shape index (κ1) is 18.0. The highest BCUT2D eigenvalue weighted by atomic mass is 35.5. The van der Waals surface area contributed by atoms with Crippen LogP contribution in [0.2, 0.25) is 5.02 Å². The van der Waals surface area contributed by atoms with Crippen LogP contribution < -0.4 is 5.32 Å². The lowest BCUT2D eigenvalue weighted by atomic mass is 10.1. The number of hydrogen-bond donors (Lipinski definition) is 1. The number of hydrogen-bond acceptors (Lipinski definition) is 4. The SMILES string of the molecule is O=C(CSCc1ccccc1)Nc1ncc(Cc2ccc(Cl)cc2)s1. The molecule has 0 aliphatic rings. The molecule has 3 rings (SSSR count). The van der Waals surface area contributed by atoms with Gasteiger partial charge in [0.05, 0.1) is 5.75 Å². The fourth-order valence-electron chi connectivity index (χ4n) is 2.24. The maximum absolute atomic E-state index is 12.0. The van der Waals surface area contributed by atoms with E-state index in [1.54, 1.807) is 11.8 Å². The molecule has 6 heteroatoms. The Morgan fingerprint density at radius 3 is 2.60 bits per heavy atom. The number of amides is 1. The van der Waals surface area contributed by atoms with Gasteiger partial charge >= 0.3 is 0 Å². The van der Waals surface area contributed by atoms with Gasteiger partial charge in [-0.3, -0.25) is 4.79 Å². The summed E-state index contributed by atoms with van der Waals surface area (Å²) in [6, 6.07) is 17.9. The summed E-state index contributed by atoms with van der Waals surface area (Å²) in [7, 11) is 0. The van der Waals surface area contributed by atoms with Crippen molar-refractivity contribution in [1.29, 1.82) is 0 Å². The molecule has 2 aromatic carbocycles. The van der Waals surface area contributed by atoms with Crippen LogP contribution in [0.25, 0.3) is 0 Å². The van der Waals surface area contributed by atoms with Crippen LogP contribution >= 0.6 is 34.7 Å². The highest BCUT2D eigenvalue weighted by Gasteiger charge is 2.08. The van der Waals surface area contributed by atoms with E-state index in [0.717, 1.165) is 22.1 Å². The predicted molar refractivity (Wildman–Crippen MR) is 108 cm³/mol. The van der Waals surface area contributed by atoms with Crippen molar-refractivity contribution in [3.8, 4) is 0 Å². The number of thioether (sulfide) groups is 1. The largest absolute Gasteiger partial charge is 0.301 e. The molecule has 0 saturated carbocycles. The summed E-state index contributed by atoms with van der Waals surface area (Å²) in [5.74, 6) is 1.22. The quantitative estimate of drug-likeness (QED) is 0.600. The molecular weight excluding hydrogens is 372 g/mol. The Hall–Kier alpha value is -1.82. The number of carbonyl (C=O) groups excluding carboxylic acids is 1. The number of nitrogens with one attached hydrogen (secondary N) is 1. The van der Waals surface area contributed by atoms with Gasteiger partial charge in [-0.1, -0.05) is 54.1 Å². The van der Waals surface area contributed by atoms with Gasteiger partial charge in [-0.2, -0.15) is 0 Å². The summed E-state index contributed by atoms with van der Waals surface area (Å²) in [6.07, 6.45) is 2.60. The molecule has 3 aromatic rings. The lowest BCUT2D eigenvalue weighted by Gasteiger charge is -2.02. The lowest BCUT2D eigenvalue weighted by molar-refractivity contribution is -0.113. The van der Waals surface area contributed by atoms with Gasteiger partial charge in [0.2, 0.25) is 5.91 Å². The van der Waals surface area contributed by atoms with Crippen molar-refractivity contribution in [2.24, 2.45) is 0 Å². The molecule has 0 saturated heterocycles. The summed E-state index contributed by atoms with van der Waals surface area (Å²) in [5, 5.41) is 4.25. The molecule has 1 amide bonds. The highest BCUT2D eigenvalue weighted by Crippen LogP contribution is 2.22. The number of anilines is 1. The number of nitrogens with zero attached hydrogens (tertiary/aromatic N) is 1. The average Bonchev–Trinajstić information content (AvgIpc) is 3.05. The first-order valence-corrected chi connectivity index (χ1v) is 10.1. The number of thiazole rings is 1. The van der Waals surface area contributed by atoms with E-state index in [-0.39, 0.29) is 5.91 Å². The Morgan fingerprint density at radius 1 is 1.08 bits per heavy atom. The van der Waals surface area contributed by atoms with Crippen molar-refractivity contribution in [2.45, 2.75) is 12.2 Å². The maximum atomic E-state index is 12.0. The topological polar surface area (TPSA) is 42.0 Å². The molecule has 0 atom stereocenters. The molecular formula is C19H17ClN2OS2. The summed E-state index contributed by atoms with van der Waals surface area (Å²) in [6.45, 7) is 0. The van der Waals surface area contributed by atoms with Crippen LogP contribution in [0.1, 0.15) is 16.0 Å². The van der Waals surface area contributed by atoms with Gasteiger partial charge in [0.15, 0.2) is 5.13 Å². The Morgan fingerprint density at radius 2 is 1.84 bits per heavy atom. The van der Waals surface area contributed by atoms with E-state index >= 15 is 0 Å². The lowest BCUT2D eigenvalue weighted by Crippen LogP contribution is -2.13. The van der Waals surface area contributed by atoms with Crippen LogP contribution in [-0.4, -0.2) is 16.6 Å². The highest BCUT2D eigenvalue weighted by molar-refractivity contribution is 7.99. The van der Waals surface area contributed by atoms with Crippen LogP contribution in [0.3, 0.4) is 0 Å². The Kier molecular flexibility index (Phi) is 6.50. The Bertz CT molecular complexity index is 819. The van der Waals surface area contributed by atoms with Crippen molar-refractivity contribution >= 4 is 45.7 Å². The zero-order valence-corrected chi connectivity index (χ0v) is 15.8. The average molecular weight is 389 g/mol. The number of benzene rings is 2. The third-order valence-electron chi connectivity index (χ3n) is 3.44. The minimum absolute atomic E-state index is 0.0201. The molecule has 0 fully saturated rings. The van der Waals surface area contributed by atoms with Gasteiger partial charge in [0, 0.05) is 28.3 Å². The number of halogens is 1. The molecule has 25 heavy (non-hydrogen) atoms.